The molecule has 86 valence electrons. The van der Waals surface area contributed by atoms with Crippen LogP contribution in [0, 0.1) is 5.21 Å². The van der Waals surface area contributed by atoms with E-state index in [1.165, 1.54) is 0 Å². The molecule has 2 aromatic rings. The Balaban J connectivity index is 2.78. The minimum atomic E-state index is 0.406. The highest BCUT2D eigenvalue weighted by atomic mass is 16.7. The monoisotopic (exact) mass is 222 g/mol. The van der Waals surface area contributed by atoms with Gasteiger partial charge in [-0.25, -0.2) is 0 Å². The first-order valence-corrected chi connectivity index (χ1v) is 4.95. The Labute approximate surface area is 92.8 Å². The normalized spacial score (nSPS) is 10.4. The summed E-state index contributed by atoms with van der Waals surface area (Å²) < 4.78 is 5.12. The number of aromatic nitrogens is 1. The number of hydrogen-bond donors (Lipinski definition) is 3. The van der Waals surface area contributed by atoms with Crippen LogP contribution in [0.4, 0.5) is 17.2 Å². The van der Waals surface area contributed by atoms with Gasteiger partial charge in [0.2, 0.25) is 0 Å². The van der Waals surface area contributed by atoms with Crippen molar-refractivity contribution < 1.29 is 9.43 Å². The highest BCUT2D eigenvalue weighted by molar-refractivity contribution is 5.97. The fraction of sp³-hybridized carbons (Fsp3) is 0.300. The summed E-state index contributed by atoms with van der Waals surface area (Å²) >= 11 is 0. The third-order valence-corrected chi connectivity index (χ3v) is 2.50. The summed E-state index contributed by atoms with van der Waals surface area (Å²) in [6.45, 7) is 0. The van der Waals surface area contributed by atoms with E-state index in [-0.39, 0.29) is 0 Å². The summed E-state index contributed by atoms with van der Waals surface area (Å²) in [6.07, 6.45) is 0. The Morgan fingerprint density at radius 3 is 2.44 bits per heavy atom. The Morgan fingerprint density at radius 1 is 1.12 bits per heavy atom. The largest absolute Gasteiger partial charge is 0.437 e. The van der Waals surface area contributed by atoms with Crippen molar-refractivity contribution >= 4 is 28.2 Å². The lowest BCUT2D eigenvalue weighted by Crippen LogP contribution is -2.25. The van der Waals surface area contributed by atoms with Gasteiger partial charge in [0.05, 0.1) is 23.7 Å². The quantitative estimate of drug-likeness (QED) is 0.680. The van der Waals surface area contributed by atoms with Gasteiger partial charge < -0.3 is 20.4 Å². The van der Waals surface area contributed by atoms with Gasteiger partial charge in [0, 0.05) is 19.8 Å². The molecule has 0 unspecified atom stereocenters. The molecular formula is C10H14N4O2. The van der Waals surface area contributed by atoms with Gasteiger partial charge in [-0.3, -0.25) is 5.32 Å². The molecule has 2 rings (SSSR count). The average molecular weight is 222 g/mol. The minimum Gasteiger partial charge on any atom is -0.437 e. The summed E-state index contributed by atoms with van der Waals surface area (Å²) in [4.78, 5) is 0.477. The van der Waals surface area contributed by atoms with Crippen LogP contribution in [-0.2, 0) is 0 Å². The molecule has 1 aromatic heterocycles. The zero-order chi connectivity index (χ0) is 11.7. The molecular weight excluding hydrogens is 208 g/mol. The minimum absolute atomic E-state index is 0.406. The predicted molar refractivity (Wildman–Crippen MR) is 63.8 cm³/mol. The second-order valence-corrected chi connectivity index (χ2v) is 3.35. The van der Waals surface area contributed by atoms with E-state index >= 15 is 0 Å². The predicted octanol–water partition coefficient (Wildman–Crippen LogP) is 1.19. The van der Waals surface area contributed by atoms with E-state index in [9.17, 15) is 5.21 Å². The molecule has 0 saturated carbocycles. The van der Waals surface area contributed by atoms with Gasteiger partial charge in [0.1, 0.15) is 0 Å². The number of anilines is 3. The Hall–Kier alpha value is -2.11. The maximum Gasteiger partial charge on any atom is 0.323 e. The molecule has 0 radical (unpaired) electrons. The van der Waals surface area contributed by atoms with Gasteiger partial charge in [0.15, 0.2) is 0 Å². The summed E-state index contributed by atoms with van der Waals surface area (Å²) in [5, 5.41) is 21.1. The molecule has 16 heavy (non-hydrogen) atoms. The molecule has 0 amide bonds. The number of rotatable bonds is 3. The number of fused-ring (bicyclic) bond motifs is 1. The molecule has 0 fully saturated rings. The van der Waals surface area contributed by atoms with Gasteiger partial charge in [0.25, 0.3) is 0 Å². The lowest BCUT2D eigenvalue weighted by molar-refractivity contribution is -0.776. The highest BCUT2D eigenvalue weighted by Gasteiger charge is 2.15. The number of benzene rings is 1. The van der Waals surface area contributed by atoms with E-state index in [0.717, 1.165) is 16.8 Å². The van der Waals surface area contributed by atoms with Crippen LogP contribution in [0.15, 0.2) is 16.7 Å². The van der Waals surface area contributed by atoms with Crippen molar-refractivity contribution in [2.24, 2.45) is 0 Å². The van der Waals surface area contributed by atoms with Gasteiger partial charge in [-0.15, -0.1) is 0 Å². The maximum atomic E-state index is 11.5. The third-order valence-electron chi connectivity index (χ3n) is 2.50. The lowest BCUT2D eigenvalue weighted by Gasteiger charge is -2.06. The fourth-order valence-electron chi connectivity index (χ4n) is 1.69. The Bertz CT molecular complexity index is 521. The molecule has 0 aliphatic carbocycles. The summed E-state index contributed by atoms with van der Waals surface area (Å²) in [6, 6.07) is 3.74. The second kappa shape index (κ2) is 3.80. The zero-order valence-electron chi connectivity index (χ0n) is 9.42. The van der Waals surface area contributed by atoms with E-state index in [1.54, 1.807) is 14.1 Å². The summed E-state index contributed by atoms with van der Waals surface area (Å²) in [7, 11) is 5.29. The van der Waals surface area contributed by atoms with Gasteiger partial charge >= 0.3 is 5.82 Å². The highest BCUT2D eigenvalue weighted by Crippen LogP contribution is 2.31. The zero-order valence-corrected chi connectivity index (χ0v) is 9.42. The molecule has 0 atom stereocenters. The van der Waals surface area contributed by atoms with Gasteiger partial charge in [-0.05, 0) is 17.0 Å². The molecule has 6 heteroatoms. The fourth-order valence-corrected chi connectivity index (χ4v) is 1.69. The average Bonchev–Trinajstić information content (AvgIpc) is 2.62. The summed E-state index contributed by atoms with van der Waals surface area (Å²) in [5.74, 6) is 0.406. The molecule has 6 nitrogen and oxygen atoms in total. The topological polar surface area (TPSA) is 76.2 Å². The van der Waals surface area contributed by atoms with E-state index in [0.29, 0.717) is 16.3 Å². The molecule has 0 aliphatic rings. The van der Waals surface area contributed by atoms with Crippen LogP contribution in [0.1, 0.15) is 0 Å². The van der Waals surface area contributed by atoms with Crippen molar-refractivity contribution in [3.05, 3.63) is 17.3 Å². The SMILES string of the molecule is CNc1cc(NC)c2o[n+]([O-])c(NC)c2c1. The van der Waals surface area contributed by atoms with E-state index in [1.807, 2.05) is 19.2 Å². The van der Waals surface area contributed by atoms with Crippen molar-refractivity contribution in [3.8, 4) is 0 Å². The smallest absolute Gasteiger partial charge is 0.323 e. The summed E-state index contributed by atoms with van der Waals surface area (Å²) in [5.41, 5.74) is 2.23. The van der Waals surface area contributed by atoms with Crippen LogP contribution in [0.3, 0.4) is 0 Å². The number of nitrogens with zero attached hydrogens (tertiary/aromatic N) is 1. The van der Waals surface area contributed by atoms with Crippen LogP contribution in [0.2, 0.25) is 0 Å². The van der Waals surface area contributed by atoms with Crippen LogP contribution in [0.25, 0.3) is 11.0 Å². The van der Waals surface area contributed by atoms with Crippen molar-refractivity contribution in [2.75, 3.05) is 37.1 Å². The number of nitrogens with one attached hydrogen (secondary N) is 3. The van der Waals surface area contributed by atoms with Crippen LogP contribution >= 0.6 is 0 Å². The lowest BCUT2D eigenvalue weighted by atomic mass is 10.2. The standard InChI is InChI=1S/C10H14N4O2/c1-11-6-4-7-9(8(5-6)12-2)16-14(15)10(7)13-3/h4-5,11-13H,1-3H3. The van der Waals surface area contributed by atoms with Crippen molar-refractivity contribution in [1.29, 1.82) is 0 Å². The molecule has 0 spiro atoms. The van der Waals surface area contributed by atoms with Crippen LogP contribution < -0.4 is 20.9 Å². The molecule has 0 bridgehead atoms. The van der Waals surface area contributed by atoms with Gasteiger partial charge in [-0.2, -0.15) is 0 Å². The second-order valence-electron chi connectivity index (χ2n) is 3.35. The number of hydrogen-bond acceptors (Lipinski definition) is 5. The van der Waals surface area contributed by atoms with Crippen LogP contribution in [-0.4, -0.2) is 21.1 Å². The molecule has 1 aromatic carbocycles. The molecule has 1 heterocycles. The van der Waals surface area contributed by atoms with E-state index in [4.69, 9.17) is 4.52 Å². The molecule has 3 N–H and O–H groups in total. The third kappa shape index (κ3) is 1.39. The van der Waals surface area contributed by atoms with Crippen molar-refractivity contribution in [3.63, 3.8) is 0 Å². The first-order valence-electron chi connectivity index (χ1n) is 4.95. The molecule has 0 aliphatic heterocycles. The molecule has 0 saturated heterocycles. The van der Waals surface area contributed by atoms with E-state index < -0.39 is 0 Å². The first kappa shape index (κ1) is 10.4. The van der Waals surface area contributed by atoms with Crippen LogP contribution in [0.5, 0.6) is 0 Å². The van der Waals surface area contributed by atoms with E-state index in [2.05, 4.69) is 16.0 Å². The van der Waals surface area contributed by atoms with Gasteiger partial charge in [-0.1, -0.05) is 0 Å². The Morgan fingerprint density at radius 2 is 1.88 bits per heavy atom. The Kier molecular flexibility index (Phi) is 2.47. The van der Waals surface area contributed by atoms with Crippen molar-refractivity contribution in [2.45, 2.75) is 0 Å². The van der Waals surface area contributed by atoms with Crippen molar-refractivity contribution in [1.82, 2.24) is 0 Å². The maximum absolute atomic E-state index is 11.5. The first-order chi connectivity index (χ1) is 7.71.